The van der Waals surface area contributed by atoms with Gasteiger partial charge in [-0.25, -0.2) is 0 Å². The van der Waals surface area contributed by atoms with Crippen molar-refractivity contribution in [2.24, 2.45) is 50.2 Å². The zero-order valence-electron chi connectivity index (χ0n) is 21.9. The fourth-order valence-electron chi connectivity index (χ4n) is 10.8. The summed E-state index contributed by atoms with van der Waals surface area (Å²) in [7, 11) is 0. The molecule has 0 spiro atoms. The van der Waals surface area contributed by atoms with Crippen LogP contribution in [0, 0.1) is 50.2 Å². The summed E-state index contributed by atoms with van der Waals surface area (Å²) in [6, 6.07) is 0. The molecule has 0 bridgehead atoms. The largest absolute Gasteiger partial charge is 0.368 e. The third kappa shape index (κ3) is 2.30. The monoisotopic (exact) mass is 438 g/mol. The fourth-order valence-corrected chi connectivity index (χ4v) is 10.8. The summed E-state index contributed by atoms with van der Waals surface area (Å²) in [5, 5.41) is 0. The molecule has 0 aromatic carbocycles. The van der Waals surface area contributed by atoms with E-state index >= 15 is 0 Å². The maximum absolute atomic E-state index is 12.9. The first-order valence-electron chi connectivity index (χ1n) is 13.6. The van der Waals surface area contributed by atoms with Gasteiger partial charge in [-0.15, -0.1) is 0 Å². The number of carbonyl (C=O) groups is 1. The van der Waals surface area contributed by atoms with Crippen LogP contribution in [0.1, 0.15) is 107 Å². The Morgan fingerprint density at radius 2 is 1.56 bits per heavy atom. The minimum absolute atomic E-state index is 0.151. The van der Waals surface area contributed by atoms with Gasteiger partial charge in [0.15, 0.2) is 0 Å². The molecule has 0 amide bonds. The molecule has 0 aromatic rings. The Labute approximate surface area is 196 Å². The maximum Gasteiger partial charge on any atom is 0.138 e. The van der Waals surface area contributed by atoms with Crippen molar-refractivity contribution in [2.75, 3.05) is 0 Å². The molecule has 2 nitrogen and oxygen atoms in total. The molecule has 6 aliphatic rings. The summed E-state index contributed by atoms with van der Waals surface area (Å²) in [6.45, 7) is 19.9. The zero-order valence-corrected chi connectivity index (χ0v) is 21.9. The molecule has 6 rings (SSSR count). The SMILES string of the molecule is CC1(C)CC[C@]2(C)[C@@H]3O[C@@H]3[C@]3(C)C(=CC[C@@H]4[C@@]5(C)CCC(=O)C(C)(C)[C@@H]5CC[C@]43C)[C@@H]2C1. The lowest BCUT2D eigenvalue weighted by molar-refractivity contribution is -0.181. The number of carbonyl (C=O) groups excluding carboxylic acids is 1. The summed E-state index contributed by atoms with van der Waals surface area (Å²) in [4.78, 5) is 12.9. The number of allylic oxidation sites excluding steroid dienone is 1. The number of fused-ring (bicyclic) bond motifs is 10. The molecule has 1 saturated heterocycles. The smallest absolute Gasteiger partial charge is 0.138 e. The number of ether oxygens (including phenoxy) is 1. The molecule has 178 valence electrons. The first-order valence-corrected chi connectivity index (χ1v) is 13.6. The standard InChI is InChI=1S/C30H46O2/c1-25(2)15-16-27(5)19(17-25)18-9-10-21-28(6)13-12-22(31)26(3,4)20(28)11-14-29(21,7)30(18,8)24-23(27)32-24/h9,19-21,23-24H,10-17H2,1-8H3/t19-,20-,21+,23+,24-,27-,28-,29+,30-/m0/s1. The molecule has 0 unspecified atom stereocenters. The second-order valence-electron chi connectivity index (χ2n) is 15.2. The topological polar surface area (TPSA) is 29.6 Å². The Balaban J connectivity index is 1.47. The molecule has 0 aromatic heterocycles. The van der Waals surface area contributed by atoms with Crippen LogP contribution in [0.25, 0.3) is 0 Å². The molecule has 32 heavy (non-hydrogen) atoms. The van der Waals surface area contributed by atoms with E-state index in [1.807, 2.05) is 0 Å². The van der Waals surface area contributed by atoms with Crippen LogP contribution in [0.3, 0.4) is 0 Å². The van der Waals surface area contributed by atoms with Crippen molar-refractivity contribution in [3.8, 4) is 0 Å². The number of hydrogen-bond donors (Lipinski definition) is 0. The van der Waals surface area contributed by atoms with Gasteiger partial charge in [-0.1, -0.05) is 67.0 Å². The van der Waals surface area contributed by atoms with E-state index in [4.69, 9.17) is 4.74 Å². The van der Waals surface area contributed by atoms with Crippen molar-refractivity contribution >= 4 is 5.78 Å². The van der Waals surface area contributed by atoms with Gasteiger partial charge >= 0.3 is 0 Å². The van der Waals surface area contributed by atoms with E-state index < -0.39 is 0 Å². The van der Waals surface area contributed by atoms with Gasteiger partial charge in [-0.3, -0.25) is 4.79 Å². The lowest BCUT2D eigenvalue weighted by atomic mass is 9.33. The van der Waals surface area contributed by atoms with Gasteiger partial charge in [-0.05, 0) is 78.9 Å². The van der Waals surface area contributed by atoms with Crippen molar-refractivity contribution in [2.45, 2.75) is 119 Å². The normalized spacial score (nSPS) is 57.2. The second-order valence-corrected chi connectivity index (χ2v) is 15.2. The lowest BCUT2D eigenvalue weighted by Crippen LogP contribution is -2.65. The van der Waals surface area contributed by atoms with Crippen LogP contribution >= 0.6 is 0 Å². The quantitative estimate of drug-likeness (QED) is 0.292. The molecule has 2 heteroatoms. The molecule has 5 aliphatic carbocycles. The van der Waals surface area contributed by atoms with Gasteiger partial charge in [-0.2, -0.15) is 0 Å². The van der Waals surface area contributed by atoms with Gasteiger partial charge in [0.2, 0.25) is 0 Å². The molecular weight excluding hydrogens is 392 g/mol. The highest BCUT2D eigenvalue weighted by Crippen LogP contribution is 2.78. The highest BCUT2D eigenvalue weighted by Gasteiger charge is 2.77. The van der Waals surface area contributed by atoms with Crippen LogP contribution in [-0.2, 0) is 9.53 Å². The third-order valence-corrected chi connectivity index (χ3v) is 13.1. The third-order valence-electron chi connectivity index (χ3n) is 13.1. The van der Waals surface area contributed by atoms with E-state index in [0.29, 0.717) is 46.6 Å². The van der Waals surface area contributed by atoms with Gasteiger partial charge in [0, 0.05) is 22.7 Å². The summed E-state index contributed by atoms with van der Waals surface area (Å²) in [5.41, 5.74) is 3.04. The average molecular weight is 439 g/mol. The molecule has 5 fully saturated rings. The molecule has 0 radical (unpaired) electrons. The highest BCUT2D eigenvalue weighted by atomic mass is 16.6. The van der Waals surface area contributed by atoms with E-state index in [2.05, 4.69) is 61.5 Å². The predicted molar refractivity (Wildman–Crippen MR) is 129 cm³/mol. The van der Waals surface area contributed by atoms with Crippen LogP contribution in [0.4, 0.5) is 0 Å². The maximum atomic E-state index is 12.9. The molecule has 1 aliphatic heterocycles. The Morgan fingerprint density at radius 1 is 0.844 bits per heavy atom. The van der Waals surface area contributed by atoms with E-state index in [0.717, 1.165) is 12.8 Å². The Bertz CT molecular complexity index is 912. The minimum atomic E-state index is -0.170. The van der Waals surface area contributed by atoms with Crippen molar-refractivity contribution in [3.63, 3.8) is 0 Å². The van der Waals surface area contributed by atoms with Crippen molar-refractivity contribution in [3.05, 3.63) is 11.6 Å². The summed E-state index contributed by atoms with van der Waals surface area (Å²) in [6.07, 6.45) is 13.1. The van der Waals surface area contributed by atoms with Crippen LogP contribution in [-0.4, -0.2) is 18.0 Å². The van der Waals surface area contributed by atoms with Gasteiger partial charge in [0.25, 0.3) is 0 Å². The molecule has 1 heterocycles. The number of rotatable bonds is 0. The number of Topliss-reactive ketones (excluding diaryl/α,β-unsaturated/α-hetero) is 1. The second kappa shape index (κ2) is 5.95. The van der Waals surface area contributed by atoms with E-state index in [-0.39, 0.29) is 21.7 Å². The van der Waals surface area contributed by atoms with E-state index in [9.17, 15) is 4.79 Å². The number of hydrogen-bond acceptors (Lipinski definition) is 2. The minimum Gasteiger partial charge on any atom is -0.368 e. The summed E-state index contributed by atoms with van der Waals surface area (Å²) < 4.78 is 6.74. The first kappa shape index (κ1) is 21.9. The predicted octanol–water partition coefficient (Wildman–Crippen LogP) is 7.36. The van der Waals surface area contributed by atoms with Crippen LogP contribution < -0.4 is 0 Å². The molecule has 4 saturated carbocycles. The van der Waals surface area contributed by atoms with Crippen molar-refractivity contribution in [1.29, 1.82) is 0 Å². The number of ketones is 1. The number of epoxide rings is 1. The van der Waals surface area contributed by atoms with Crippen molar-refractivity contribution < 1.29 is 9.53 Å². The summed E-state index contributed by atoms with van der Waals surface area (Å²) in [5.74, 6) is 2.35. The van der Waals surface area contributed by atoms with E-state index in [1.54, 1.807) is 5.57 Å². The molecule has 9 atom stereocenters. The fraction of sp³-hybridized carbons (Fsp3) is 0.900. The van der Waals surface area contributed by atoms with Crippen LogP contribution in [0.15, 0.2) is 11.6 Å². The highest BCUT2D eigenvalue weighted by molar-refractivity contribution is 5.85. The van der Waals surface area contributed by atoms with Crippen molar-refractivity contribution in [1.82, 2.24) is 0 Å². The van der Waals surface area contributed by atoms with Gasteiger partial charge in [0.1, 0.15) is 5.78 Å². The molecule has 0 N–H and O–H groups in total. The Morgan fingerprint density at radius 3 is 2.28 bits per heavy atom. The lowest BCUT2D eigenvalue weighted by Gasteiger charge is -2.69. The van der Waals surface area contributed by atoms with Gasteiger partial charge < -0.3 is 4.74 Å². The van der Waals surface area contributed by atoms with Gasteiger partial charge in [0.05, 0.1) is 12.2 Å². The van der Waals surface area contributed by atoms with Crippen LogP contribution in [0.5, 0.6) is 0 Å². The Hall–Kier alpha value is -0.630. The average Bonchev–Trinajstić information content (AvgIpc) is 3.50. The molecular formula is C30H46O2. The summed E-state index contributed by atoms with van der Waals surface area (Å²) >= 11 is 0. The first-order chi connectivity index (χ1) is 14.7. The van der Waals surface area contributed by atoms with E-state index in [1.165, 1.54) is 38.5 Å². The zero-order chi connectivity index (χ0) is 23.1. The Kier molecular flexibility index (Phi) is 4.07. The van der Waals surface area contributed by atoms with Crippen LogP contribution in [0.2, 0.25) is 0 Å².